The fourth-order valence-electron chi connectivity index (χ4n) is 3.50. The molecule has 0 aliphatic rings. The fraction of sp³-hybridized carbons (Fsp3) is 0.120. The van der Waals surface area contributed by atoms with Gasteiger partial charge in [0.25, 0.3) is 5.91 Å². The lowest BCUT2D eigenvalue weighted by molar-refractivity contribution is -0.137. The average Bonchev–Trinajstić information content (AvgIpc) is 2.72. The maximum Gasteiger partial charge on any atom is 0.416 e. The number of amides is 1. The van der Waals surface area contributed by atoms with E-state index < -0.39 is 17.6 Å². The van der Waals surface area contributed by atoms with Crippen molar-refractivity contribution in [1.29, 1.82) is 0 Å². The Morgan fingerprint density at radius 2 is 1.61 bits per heavy atom. The molecule has 4 aromatic rings. The monoisotopic (exact) mass is 420 g/mol. The molecule has 0 aliphatic heterocycles. The van der Waals surface area contributed by atoms with Gasteiger partial charge in [0.05, 0.1) is 22.3 Å². The van der Waals surface area contributed by atoms with E-state index in [0.29, 0.717) is 27.7 Å². The number of alkyl halides is 3. The molecule has 4 rings (SSSR count). The van der Waals surface area contributed by atoms with Crippen LogP contribution in [0.3, 0.4) is 0 Å². The summed E-state index contributed by atoms with van der Waals surface area (Å²) in [7, 11) is 0. The first kappa shape index (κ1) is 20.6. The van der Waals surface area contributed by atoms with Crippen molar-refractivity contribution in [1.82, 2.24) is 4.98 Å². The van der Waals surface area contributed by atoms with Gasteiger partial charge < -0.3 is 5.32 Å². The zero-order valence-corrected chi connectivity index (χ0v) is 16.9. The number of hydrogen-bond acceptors (Lipinski definition) is 2. The number of nitrogens with zero attached hydrogens (tertiary/aromatic N) is 1. The number of fused-ring (bicyclic) bond motifs is 1. The van der Waals surface area contributed by atoms with Crippen LogP contribution in [0.2, 0.25) is 0 Å². The second kappa shape index (κ2) is 7.87. The van der Waals surface area contributed by atoms with Crippen molar-refractivity contribution < 1.29 is 18.0 Å². The van der Waals surface area contributed by atoms with E-state index in [1.807, 2.05) is 55.5 Å². The molecule has 1 amide bonds. The summed E-state index contributed by atoms with van der Waals surface area (Å²) in [6.45, 7) is 3.46. The largest absolute Gasteiger partial charge is 0.416 e. The van der Waals surface area contributed by atoms with E-state index in [0.717, 1.165) is 23.3 Å². The number of aromatic nitrogens is 1. The number of aryl methyl sites for hydroxylation is 2. The van der Waals surface area contributed by atoms with Gasteiger partial charge in [0, 0.05) is 16.6 Å². The zero-order valence-electron chi connectivity index (χ0n) is 16.9. The van der Waals surface area contributed by atoms with Gasteiger partial charge in [-0.15, -0.1) is 0 Å². The SMILES string of the molecule is Cc1cc(NC(=O)c2cc(-c3ccccc3)nc3ccc(C)cc23)cc(C(F)(F)F)c1. The molecule has 156 valence electrons. The van der Waals surface area contributed by atoms with Crippen LogP contribution in [0.1, 0.15) is 27.0 Å². The normalized spacial score (nSPS) is 11.5. The molecule has 1 aromatic heterocycles. The Balaban J connectivity index is 1.81. The highest BCUT2D eigenvalue weighted by Crippen LogP contribution is 2.32. The Morgan fingerprint density at radius 3 is 2.32 bits per heavy atom. The van der Waals surface area contributed by atoms with Crippen molar-refractivity contribution in [2.75, 3.05) is 5.32 Å². The third-order valence-corrected chi connectivity index (χ3v) is 4.94. The molecule has 3 nitrogen and oxygen atoms in total. The number of halogens is 3. The number of rotatable bonds is 3. The zero-order chi connectivity index (χ0) is 22.2. The molecule has 3 aromatic carbocycles. The summed E-state index contributed by atoms with van der Waals surface area (Å²) in [5.74, 6) is -0.492. The van der Waals surface area contributed by atoms with Crippen LogP contribution >= 0.6 is 0 Å². The minimum atomic E-state index is -4.49. The molecule has 1 heterocycles. The molecule has 0 atom stereocenters. The molecule has 31 heavy (non-hydrogen) atoms. The fourth-order valence-corrected chi connectivity index (χ4v) is 3.50. The summed E-state index contributed by atoms with van der Waals surface area (Å²) in [4.78, 5) is 17.8. The van der Waals surface area contributed by atoms with Crippen molar-refractivity contribution in [3.8, 4) is 11.3 Å². The van der Waals surface area contributed by atoms with Crippen LogP contribution in [0.15, 0.2) is 72.8 Å². The van der Waals surface area contributed by atoms with Gasteiger partial charge in [-0.05, 0) is 55.8 Å². The summed E-state index contributed by atoms with van der Waals surface area (Å²) in [5.41, 5.74) is 3.09. The first-order chi connectivity index (χ1) is 14.7. The Labute approximate surface area is 177 Å². The lowest BCUT2D eigenvalue weighted by Gasteiger charge is -2.14. The molecule has 0 radical (unpaired) electrons. The molecule has 0 spiro atoms. The summed E-state index contributed by atoms with van der Waals surface area (Å²) in [6.07, 6.45) is -4.49. The quantitative estimate of drug-likeness (QED) is 0.396. The van der Waals surface area contributed by atoms with E-state index in [2.05, 4.69) is 10.3 Å². The van der Waals surface area contributed by atoms with Crippen molar-refractivity contribution in [3.05, 3.63) is 95.1 Å². The smallest absolute Gasteiger partial charge is 0.322 e. The summed E-state index contributed by atoms with van der Waals surface area (Å²) < 4.78 is 39.5. The second-order valence-electron chi connectivity index (χ2n) is 7.48. The molecule has 0 fully saturated rings. The van der Waals surface area contributed by atoms with Crippen molar-refractivity contribution in [3.63, 3.8) is 0 Å². The number of anilines is 1. The summed E-state index contributed by atoms with van der Waals surface area (Å²) in [5, 5.41) is 3.27. The highest BCUT2D eigenvalue weighted by Gasteiger charge is 2.31. The Bertz CT molecular complexity index is 1280. The van der Waals surface area contributed by atoms with Crippen LogP contribution in [0.25, 0.3) is 22.2 Å². The number of carbonyl (C=O) groups is 1. The first-order valence-corrected chi connectivity index (χ1v) is 9.68. The molecule has 1 N–H and O–H groups in total. The van der Waals surface area contributed by atoms with Gasteiger partial charge in [0.15, 0.2) is 0 Å². The molecule has 0 aliphatic carbocycles. The van der Waals surface area contributed by atoms with Gasteiger partial charge in [-0.3, -0.25) is 4.79 Å². The van der Waals surface area contributed by atoms with Crippen molar-refractivity contribution in [2.45, 2.75) is 20.0 Å². The van der Waals surface area contributed by atoms with E-state index in [4.69, 9.17) is 0 Å². The minimum absolute atomic E-state index is 0.0937. The summed E-state index contributed by atoms with van der Waals surface area (Å²) in [6, 6.07) is 20.2. The highest BCUT2D eigenvalue weighted by molar-refractivity contribution is 6.13. The number of pyridine rings is 1. The van der Waals surface area contributed by atoms with Gasteiger partial charge in [0.2, 0.25) is 0 Å². The van der Waals surface area contributed by atoms with E-state index in [9.17, 15) is 18.0 Å². The van der Waals surface area contributed by atoms with Crippen LogP contribution in [-0.2, 0) is 6.18 Å². The van der Waals surface area contributed by atoms with E-state index in [1.165, 1.54) is 6.07 Å². The second-order valence-corrected chi connectivity index (χ2v) is 7.48. The lowest BCUT2D eigenvalue weighted by Crippen LogP contribution is -2.14. The summed E-state index contributed by atoms with van der Waals surface area (Å²) >= 11 is 0. The number of nitrogens with one attached hydrogen (secondary N) is 1. The van der Waals surface area contributed by atoms with Gasteiger partial charge in [-0.1, -0.05) is 42.0 Å². The average molecular weight is 420 g/mol. The van der Waals surface area contributed by atoms with E-state index in [1.54, 1.807) is 13.0 Å². The highest BCUT2D eigenvalue weighted by atomic mass is 19.4. The van der Waals surface area contributed by atoms with Gasteiger partial charge >= 0.3 is 6.18 Å². The lowest BCUT2D eigenvalue weighted by atomic mass is 10.0. The molecular formula is C25H19F3N2O. The van der Waals surface area contributed by atoms with Crippen molar-refractivity contribution in [2.24, 2.45) is 0 Å². The molecular weight excluding hydrogens is 401 g/mol. The molecule has 0 unspecified atom stereocenters. The van der Waals surface area contributed by atoms with Gasteiger partial charge in [-0.2, -0.15) is 13.2 Å². The maximum absolute atomic E-state index is 13.2. The first-order valence-electron chi connectivity index (χ1n) is 9.68. The Hall–Kier alpha value is -3.67. The van der Waals surface area contributed by atoms with Crippen LogP contribution in [-0.4, -0.2) is 10.9 Å². The minimum Gasteiger partial charge on any atom is -0.322 e. The van der Waals surface area contributed by atoms with Gasteiger partial charge in [-0.25, -0.2) is 4.98 Å². The molecule has 0 saturated carbocycles. The maximum atomic E-state index is 13.2. The molecule has 0 bridgehead atoms. The van der Waals surface area contributed by atoms with Crippen LogP contribution in [0.5, 0.6) is 0 Å². The Kier molecular flexibility index (Phi) is 5.23. The van der Waals surface area contributed by atoms with E-state index in [-0.39, 0.29) is 5.69 Å². The number of carbonyl (C=O) groups excluding carboxylic acids is 1. The van der Waals surface area contributed by atoms with E-state index >= 15 is 0 Å². The van der Waals surface area contributed by atoms with Crippen LogP contribution in [0, 0.1) is 13.8 Å². The topological polar surface area (TPSA) is 42.0 Å². The standard InChI is InChI=1S/C25H19F3N2O/c1-15-8-9-22-20(12-15)21(14-23(30-22)17-6-4-3-5-7-17)24(31)29-19-11-16(2)10-18(13-19)25(26,27)28/h3-14H,1-2H3,(H,29,31). The number of hydrogen-bond donors (Lipinski definition) is 1. The van der Waals surface area contributed by atoms with Crippen LogP contribution < -0.4 is 5.32 Å². The van der Waals surface area contributed by atoms with Crippen molar-refractivity contribution >= 4 is 22.5 Å². The van der Waals surface area contributed by atoms with Gasteiger partial charge in [0.1, 0.15) is 0 Å². The molecule has 6 heteroatoms. The number of benzene rings is 3. The Morgan fingerprint density at radius 1 is 0.871 bits per heavy atom. The third kappa shape index (κ3) is 4.43. The molecule has 0 saturated heterocycles. The third-order valence-electron chi connectivity index (χ3n) is 4.94. The predicted octanol–water partition coefficient (Wildman–Crippen LogP) is 6.79. The predicted molar refractivity (Wildman–Crippen MR) is 116 cm³/mol. The van der Waals surface area contributed by atoms with Crippen LogP contribution in [0.4, 0.5) is 18.9 Å².